The van der Waals surface area contributed by atoms with Crippen LogP contribution in [-0.2, 0) is 19.2 Å². The highest BCUT2D eigenvalue weighted by Gasteiger charge is 2.30. The van der Waals surface area contributed by atoms with Gasteiger partial charge in [-0.1, -0.05) is 27.7 Å². The molecule has 0 saturated carbocycles. The largest absolute Gasteiger partial charge is 0.480 e. The molecule has 3 amide bonds. The molecule has 0 radical (unpaired) electrons. The third-order valence-electron chi connectivity index (χ3n) is 4.01. The van der Waals surface area contributed by atoms with Crippen molar-refractivity contribution in [2.45, 2.75) is 64.7 Å². The predicted molar refractivity (Wildman–Crippen MR) is 118 cm³/mol. The summed E-state index contributed by atoms with van der Waals surface area (Å²) in [5.41, 5.74) is 5.66. The van der Waals surface area contributed by atoms with Gasteiger partial charge in [-0.25, -0.2) is 4.79 Å². The Morgan fingerprint density at radius 3 is 1.45 bits per heavy atom. The van der Waals surface area contributed by atoms with Crippen molar-refractivity contribution in [3.8, 4) is 0 Å². The first-order valence-electron chi connectivity index (χ1n) is 9.54. The number of carbonyl (C=O) groups is 4. The lowest BCUT2D eigenvalue weighted by Gasteiger charge is -2.26. The maximum absolute atomic E-state index is 12.8. The highest BCUT2D eigenvalue weighted by atomic mass is 32.1. The minimum atomic E-state index is -1.21. The molecular weight excluding hydrogens is 416 g/mol. The van der Waals surface area contributed by atoms with Gasteiger partial charge in [-0.05, 0) is 24.7 Å². The van der Waals surface area contributed by atoms with E-state index in [1.807, 2.05) is 27.7 Å². The number of hydrogen-bond donors (Lipinski definition) is 7. The maximum Gasteiger partial charge on any atom is 0.327 e. The van der Waals surface area contributed by atoms with Crippen molar-refractivity contribution in [1.82, 2.24) is 16.0 Å². The molecule has 0 rings (SSSR count). The molecule has 0 unspecified atom stereocenters. The van der Waals surface area contributed by atoms with Crippen LogP contribution >= 0.6 is 25.3 Å². The van der Waals surface area contributed by atoms with E-state index < -0.39 is 47.9 Å². The zero-order valence-electron chi connectivity index (χ0n) is 17.3. The molecule has 0 spiro atoms. The second kappa shape index (κ2) is 13.7. The van der Waals surface area contributed by atoms with Crippen LogP contribution in [0.2, 0.25) is 0 Å². The summed E-state index contributed by atoms with van der Waals surface area (Å²) in [5, 5.41) is 16.7. The van der Waals surface area contributed by atoms with Crippen LogP contribution in [-0.4, -0.2) is 64.5 Å². The van der Waals surface area contributed by atoms with E-state index in [-0.39, 0.29) is 23.3 Å². The Morgan fingerprint density at radius 1 is 0.759 bits per heavy atom. The third kappa shape index (κ3) is 10.8. The number of nitrogens with one attached hydrogen (secondary N) is 3. The molecule has 168 valence electrons. The van der Waals surface area contributed by atoms with Crippen molar-refractivity contribution in [1.29, 1.82) is 0 Å². The normalized spacial score (nSPS) is 15.3. The van der Waals surface area contributed by atoms with E-state index in [0.717, 1.165) is 0 Å². The average molecular weight is 451 g/mol. The molecule has 29 heavy (non-hydrogen) atoms. The van der Waals surface area contributed by atoms with E-state index in [1.165, 1.54) is 0 Å². The topological polar surface area (TPSA) is 151 Å². The lowest BCUT2D eigenvalue weighted by molar-refractivity contribution is -0.141. The average Bonchev–Trinajstić information content (AvgIpc) is 2.62. The van der Waals surface area contributed by atoms with Crippen LogP contribution in [0.15, 0.2) is 0 Å². The maximum atomic E-state index is 12.8. The van der Waals surface area contributed by atoms with Gasteiger partial charge < -0.3 is 26.8 Å². The fourth-order valence-corrected chi connectivity index (χ4v) is 2.91. The number of carbonyl (C=O) groups excluding carboxylic acids is 3. The molecule has 0 aromatic carbocycles. The molecule has 0 aliphatic heterocycles. The first kappa shape index (κ1) is 27.5. The molecule has 4 atom stereocenters. The van der Waals surface area contributed by atoms with Crippen molar-refractivity contribution in [3.63, 3.8) is 0 Å². The second-order valence-corrected chi connectivity index (χ2v) is 8.48. The lowest BCUT2D eigenvalue weighted by atomic mass is 9.99. The number of amides is 3. The SMILES string of the molecule is CC(C)C[C@H](NC(=O)[C@H](CC(C)C)NC(=O)[C@@H](N)CS)C(=O)N[C@@H](CS)C(=O)O. The van der Waals surface area contributed by atoms with Gasteiger partial charge in [0.2, 0.25) is 17.7 Å². The first-order valence-corrected chi connectivity index (χ1v) is 10.8. The Labute approximate surface area is 183 Å². The molecule has 0 bridgehead atoms. The standard InChI is InChI=1S/C18H34N4O5S2/c1-9(2)5-12(20-15(23)11(19)7-28)16(24)21-13(6-10(3)4)17(25)22-14(8-29)18(26)27/h9-14,28-29H,5-8,19H2,1-4H3,(H,20,23)(H,21,24)(H,22,25)(H,26,27)/t11-,12-,13-,14-/m0/s1. The van der Waals surface area contributed by atoms with Crippen molar-refractivity contribution < 1.29 is 24.3 Å². The molecule has 6 N–H and O–H groups in total. The minimum absolute atomic E-state index is 0.0565. The van der Waals surface area contributed by atoms with Gasteiger partial charge in [0.1, 0.15) is 18.1 Å². The molecule has 0 aliphatic rings. The van der Waals surface area contributed by atoms with Gasteiger partial charge in [-0.15, -0.1) is 0 Å². The number of nitrogens with two attached hydrogens (primary N) is 1. The number of thiol groups is 2. The summed E-state index contributed by atoms with van der Waals surface area (Å²) in [4.78, 5) is 48.7. The third-order valence-corrected chi connectivity index (χ3v) is 4.77. The number of hydrogen-bond acceptors (Lipinski definition) is 7. The molecule has 0 aromatic rings. The van der Waals surface area contributed by atoms with Crippen molar-refractivity contribution in [2.75, 3.05) is 11.5 Å². The van der Waals surface area contributed by atoms with Gasteiger partial charge in [-0.2, -0.15) is 25.3 Å². The van der Waals surface area contributed by atoms with Gasteiger partial charge in [-0.3, -0.25) is 14.4 Å². The van der Waals surface area contributed by atoms with Gasteiger partial charge >= 0.3 is 5.97 Å². The van der Waals surface area contributed by atoms with E-state index in [0.29, 0.717) is 12.8 Å². The van der Waals surface area contributed by atoms with E-state index in [4.69, 9.17) is 10.8 Å². The van der Waals surface area contributed by atoms with E-state index >= 15 is 0 Å². The van der Waals surface area contributed by atoms with E-state index in [9.17, 15) is 19.2 Å². The Balaban J connectivity index is 5.37. The Hall–Kier alpha value is -1.46. The first-order chi connectivity index (χ1) is 13.4. The van der Waals surface area contributed by atoms with E-state index in [1.54, 1.807) is 0 Å². The predicted octanol–water partition coefficient (Wildman–Crippen LogP) is -0.195. The molecule has 0 saturated heterocycles. The van der Waals surface area contributed by atoms with Gasteiger partial charge in [0.05, 0.1) is 6.04 Å². The summed E-state index contributed by atoms with van der Waals surface area (Å²) in [6.45, 7) is 7.54. The van der Waals surface area contributed by atoms with Crippen molar-refractivity contribution in [2.24, 2.45) is 17.6 Å². The van der Waals surface area contributed by atoms with Crippen LogP contribution in [0.3, 0.4) is 0 Å². The van der Waals surface area contributed by atoms with Gasteiger partial charge in [0.25, 0.3) is 0 Å². The smallest absolute Gasteiger partial charge is 0.327 e. The molecule has 11 heteroatoms. The lowest BCUT2D eigenvalue weighted by Crippen LogP contribution is -2.57. The number of rotatable bonds is 13. The number of carboxylic acids is 1. The molecule has 0 heterocycles. The Kier molecular flexibility index (Phi) is 13.0. The minimum Gasteiger partial charge on any atom is -0.480 e. The Bertz CT molecular complexity index is 574. The van der Waals surface area contributed by atoms with Crippen LogP contribution < -0.4 is 21.7 Å². The van der Waals surface area contributed by atoms with Crippen LogP contribution in [0.1, 0.15) is 40.5 Å². The zero-order chi connectivity index (χ0) is 22.7. The van der Waals surface area contributed by atoms with Gasteiger partial charge in [0.15, 0.2) is 0 Å². The van der Waals surface area contributed by atoms with Crippen molar-refractivity contribution >= 4 is 48.9 Å². The molecule has 0 aliphatic carbocycles. The summed E-state index contributed by atoms with van der Waals surface area (Å²) in [6.07, 6.45) is 0.649. The van der Waals surface area contributed by atoms with Crippen LogP contribution in [0, 0.1) is 11.8 Å². The summed E-state index contributed by atoms with van der Waals surface area (Å²) in [5.74, 6) is -2.68. The summed E-state index contributed by atoms with van der Waals surface area (Å²) in [7, 11) is 0. The second-order valence-electron chi connectivity index (χ2n) is 7.75. The van der Waals surface area contributed by atoms with E-state index in [2.05, 4.69) is 41.2 Å². The van der Waals surface area contributed by atoms with Crippen LogP contribution in [0.4, 0.5) is 0 Å². The Morgan fingerprint density at radius 2 is 1.14 bits per heavy atom. The van der Waals surface area contributed by atoms with Crippen molar-refractivity contribution in [3.05, 3.63) is 0 Å². The molecule has 0 aromatic heterocycles. The van der Waals surface area contributed by atoms with Gasteiger partial charge in [0, 0.05) is 11.5 Å². The monoisotopic (exact) mass is 450 g/mol. The highest BCUT2D eigenvalue weighted by molar-refractivity contribution is 7.80. The van der Waals surface area contributed by atoms with Crippen LogP contribution in [0.5, 0.6) is 0 Å². The summed E-state index contributed by atoms with van der Waals surface area (Å²) >= 11 is 7.91. The molecule has 9 nitrogen and oxygen atoms in total. The number of carboxylic acid groups (broad SMARTS) is 1. The summed E-state index contributed by atoms with van der Waals surface area (Å²) < 4.78 is 0. The molecule has 0 fully saturated rings. The van der Waals surface area contributed by atoms with Crippen LogP contribution in [0.25, 0.3) is 0 Å². The number of aliphatic carboxylic acids is 1. The zero-order valence-corrected chi connectivity index (χ0v) is 19.1. The molecular formula is C18H34N4O5S2. The quantitative estimate of drug-likeness (QED) is 0.193. The fraction of sp³-hybridized carbons (Fsp3) is 0.778. The fourth-order valence-electron chi connectivity index (χ4n) is 2.50. The summed E-state index contributed by atoms with van der Waals surface area (Å²) in [6, 6.07) is -3.86. The highest BCUT2D eigenvalue weighted by Crippen LogP contribution is 2.09.